The molecule has 6 heteroatoms. The van der Waals surface area contributed by atoms with E-state index < -0.39 is 0 Å². The molecule has 25 heavy (non-hydrogen) atoms. The number of aromatic amines is 1. The van der Waals surface area contributed by atoms with Crippen molar-refractivity contribution in [1.29, 1.82) is 0 Å². The Morgan fingerprint density at radius 3 is 2.52 bits per heavy atom. The van der Waals surface area contributed by atoms with Crippen molar-refractivity contribution in [2.45, 2.75) is 6.92 Å². The van der Waals surface area contributed by atoms with Crippen LogP contribution in [0.5, 0.6) is 0 Å². The minimum atomic E-state index is 0.104. The number of rotatable bonds is 2. The van der Waals surface area contributed by atoms with Crippen LogP contribution in [0, 0.1) is 6.92 Å². The van der Waals surface area contributed by atoms with Crippen molar-refractivity contribution >= 4 is 38.6 Å². The molecule has 1 aromatic heterocycles. The van der Waals surface area contributed by atoms with Crippen LogP contribution < -0.4 is 4.90 Å². The van der Waals surface area contributed by atoms with Crippen LogP contribution in [-0.2, 0) is 0 Å². The Balaban J connectivity index is 1.45. The summed E-state index contributed by atoms with van der Waals surface area (Å²) in [6.45, 7) is 5.10. The zero-order valence-corrected chi connectivity index (χ0v) is 15.6. The summed E-state index contributed by atoms with van der Waals surface area (Å²) in [5.74, 6) is 1.03. The third kappa shape index (κ3) is 3.26. The maximum atomic E-state index is 12.6. The van der Waals surface area contributed by atoms with Crippen molar-refractivity contribution in [2.24, 2.45) is 0 Å². The molecular formula is C19H19BrN4O. The molecule has 2 heterocycles. The Kier molecular flexibility index (Phi) is 4.21. The number of piperazine rings is 1. The highest BCUT2D eigenvalue weighted by Crippen LogP contribution is 2.22. The molecule has 2 aromatic carbocycles. The molecular weight excluding hydrogens is 380 g/mol. The molecule has 3 aromatic rings. The normalized spacial score (nSPS) is 15.0. The minimum absolute atomic E-state index is 0.104. The van der Waals surface area contributed by atoms with Crippen molar-refractivity contribution in [3.8, 4) is 0 Å². The number of anilines is 1. The number of halogens is 1. The van der Waals surface area contributed by atoms with E-state index in [-0.39, 0.29) is 5.91 Å². The highest BCUT2D eigenvalue weighted by atomic mass is 79.9. The monoisotopic (exact) mass is 398 g/mol. The van der Waals surface area contributed by atoms with Gasteiger partial charge in [-0.3, -0.25) is 4.79 Å². The van der Waals surface area contributed by atoms with E-state index in [0.717, 1.165) is 53.1 Å². The van der Waals surface area contributed by atoms with E-state index in [4.69, 9.17) is 0 Å². The molecule has 1 aliphatic rings. The lowest BCUT2D eigenvalue weighted by Gasteiger charge is -2.36. The average Bonchev–Trinajstić information content (AvgIpc) is 3.01. The first-order valence-electron chi connectivity index (χ1n) is 8.36. The van der Waals surface area contributed by atoms with Crippen molar-refractivity contribution in [3.63, 3.8) is 0 Å². The maximum Gasteiger partial charge on any atom is 0.253 e. The lowest BCUT2D eigenvalue weighted by Crippen LogP contribution is -2.48. The second-order valence-corrected chi connectivity index (χ2v) is 7.23. The van der Waals surface area contributed by atoms with E-state index in [2.05, 4.69) is 42.9 Å². The van der Waals surface area contributed by atoms with Crippen LogP contribution in [0.2, 0.25) is 0 Å². The first-order valence-corrected chi connectivity index (χ1v) is 9.15. The van der Waals surface area contributed by atoms with Crippen molar-refractivity contribution in [1.82, 2.24) is 14.9 Å². The van der Waals surface area contributed by atoms with Crippen molar-refractivity contribution < 1.29 is 4.79 Å². The smallest absolute Gasteiger partial charge is 0.253 e. The lowest BCUT2D eigenvalue weighted by molar-refractivity contribution is 0.0747. The number of amides is 1. The van der Waals surface area contributed by atoms with E-state index in [0.29, 0.717) is 0 Å². The zero-order chi connectivity index (χ0) is 17.4. The number of H-pyrrole nitrogens is 1. The van der Waals surface area contributed by atoms with Gasteiger partial charge in [-0.05, 0) is 49.4 Å². The fourth-order valence-electron chi connectivity index (χ4n) is 3.26. The van der Waals surface area contributed by atoms with Gasteiger partial charge in [0.05, 0.1) is 11.0 Å². The van der Waals surface area contributed by atoms with Crippen LogP contribution in [0.3, 0.4) is 0 Å². The number of aromatic nitrogens is 2. The fraction of sp³-hybridized carbons (Fsp3) is 0.263. The van der Waals surface area contributed by atoms with Crippen LogP contribution in [-0.4, -0.2) is 47.0 Å². The first-order chi connectivity index (χ1) is 12.1. The molecule has 1 aliphatic heterocycles. The van der Waals surface area contributed by atoms with Gasteiger partial charge in [-0.25, -0.2) is 4.98 Å². The summed E-state index contributed by atoms with van der Waals surface area (Å²) >= 11 is 3.40. The number of imidazole rings is 1. The molecule has 0 radical (unpaired) electrons. The summed E-state index contributed by atoms with van der Waals surface area (Å²) in [7, 11) is 0. The predicted octanol–water partition coefficient (Wildman–Crippen LogP) is 3.60. The highest BCUT2D eigenvalue weighted by molar-refractivity contribution is 9.10. The van der Waals surface area contributed by atoms with E-state index in [9.17, 15) is 4.79 Å². The Morgan fingerprint density at radius 1 is 1.08 bits per heavy atom. The molecule has 4 rings (SSSR count). The van der Waals surface area contributed by atoms with Gasteiger partial charge in [0.25, 0.3) is 5.91 Å². The summed E-state index contributed by atoms with van der Waals surface area (Å²) in [5, 5.41) is 0. The predicted molar refractivity (Wildman–Crippen MR) is 103 cm³/mol. The number of hydrogen-bond donors (Lipinski definition) is 1. The Labute approximate surface area is 154 Å². The Morgan fingerprint density at radius 2 is 1.80 bits per heavy atom. The second-order valence-electron chi connectivity index (χ2n) is 6.31. The van der Waals surface area contributed by atoms with Gasteiger partial charge in [0.15, 0.2) is 0 Å². The van der Waals surface area contributed by atoms with Gasteiger partial charge in [0.1, 0.15) is 5.82 Å². The molecule has 128 valence electrons. The average molecular weight is 399 g/mol. The molecule has 0 bridgehead atoms. The van der Waals surface area contributed by atoms with Crippen LogP contribution in [0.4, 0.5) is 5.69 Å². The van der Waals surface area contributed by atoms with E-state index >= 15 is 0 Å². The number of nitrogens with zero attached hydrogens (tertiary/aromatic N) is 3. The molecule has 0 spiro atoms. The Bertz CT molecular complexity index is 911. The molecule has 5 nitrogen and oxygen atoms in total. The topological polar surface area (TPSA) is 52.2 Å². The SMILES string of the molecule is Cc1nc2ccc(N3CCN(C(=O)c4ccc(Br)cc4)CC3)cc2[nH]1. The summed E-state index contributed by atoms with van der Waals surface area (Å²) in [6, 6.07) is 13.8. The van der Waals surface area contributed by atoms with Gasteiger partial charge in [0, 0.05) is 41.9 Å². The number of aryl methyl sites for hydroxylation is 1. The summed E-state index contributed by atoms with van der Waals surface area (Å²) < 4.78 is 0.985. The van der Waals surface area contributed by atoms with E-state index in [1.807, 2.05) is 42.2 Å². The van der Waals surface area contributed by atoms with Crippen LogP contribution in [0.25, 0.3) is 11.0 Å². The fourth-order valence-corrected chi connectivity index (χ4v) is 3.53. The zero-order valence-electron chi connectivity index (χ0n) is 14.0. The quantitative estimate of drug-likeness (QED) is 0.717. The largest absolute Gasteiger partial charge is 0.368 e. The van der Waals surface area contributed by atoms with Gasteiger partial charge >= 0.3 is 0 Å². The number of carbonyl (C=O) groups is 1. The molecule has 0 saturated carbocycles. The van der Waals surface area contributed by atoms with Gasteiger partial charge in [0.2, 0.25) is 0 Å². The lowest BCUT2D eigenvalue weighted by atomic mass is 10.1. The summed E-state index contributed by atoms with van der Waals surface area (Å²) in [6.07, 6.45) is 0. The molecule has 1 N–H and O–H groups in total. The molecule has 0 atom stereocenters. The van der Waals surface area contributed by atoms with Gasteiger partial charge in [-0.1, -0.05) is 15.9 Å². The van der Waals surface area contributed by atoms with Gasteiger partial charge in [-0.2, -0.15) is 0 Å². The van der Waals surface area contributed by atoms with Crippen LogP contribution in [0.1, 0.15) is 16.2 Å². The van der Waals surface area contributed by atoms with Gasteiger partial charge in [-0.15, -0.1) is 0 Å². The van der Waals surface area contributed by atoms with E-state index in [1.54, 1.807) is 0 Å². The number of benzene rings is 2. The van der Waals surface area contributed by atoms with Crippen molar-refractivity contribution in [3.05, 3.63) is 58.3 Å². The number of carbonyl (C=O) groups excluding carboxylic acids is 1. The number of nitrogens with one attached hydrogen (secondary N) is 1. The van der Waals surface area contributed by atoms with Crippen molar-refractivity contribution in [2.75, 3.05) is 31.1 Å². The van der Waals surface area contributed by atoms with Crippen LogP contribution >= 0.6 is 15.9 Å². The molecule has 0 aliphatic carbocycles. The second kappa shape index (κ2) is 6.52. The molecule has 0 unspecified atom stereocenters. The van der Waals surface area contributed by atoms with Crippen LogP contribution in [0.15, 0.2) is 46.9 Å². The molecule has 1 fully saturated rings. The van der Waals surface area contributed by atoms with Gasteiger partial charge < -0.3 is 14.8 Å². The summed E-state index contributed by atoms with van der Waals surface area (Å²) in [4.78, 5) is 24.6. The maximum absolute atomic E-state index is 12.6. The number of hydrogen-bond acceptors (Lipinski definition) is 3. The molecule has 1 amide bonds. The third-order valence-corrected chi connectivity index (χ3v) is 5.14. The standard InChI is InChI=1S/C19H19BrN4O/c1-13-21-17-7-6-16(12-18(17)22-13)23-8-10-24(11-9-23)19(25)14-2-4-15(20)5-3-14/h2-7,12H,8-11H2,1H3,(H,21,22). The van der Waals surface area contributed by atoms with E-state index in [1.165, 1.54) is 5.69 Å². The first kappa shape index (κ1) is 16.1. The summed E-state index contributed by atoms with van der Waals surface area (Å²) in [5.41, 5.74) is 3.96. The highest BCUT2D eigenvalue weighted by Gasteiger charge is 2.22. The number of fused-ring (bicyclic) bond motifs is 1. The third-order valence-electron chi connectivity index (χ3n) is 4.61. The molecule has 1 saturated heterocycles. The minimum Gasteiger partial charge on any atom is -0.368 e. The Hall–Kier alpha value is -2.34.